The fourth-order valence-corrected chi connectivity index (χ4v) is 1.41. The summed E-state index contributed by atoms with van der Waals surface area (Å²) in [4.78, 5) is 0. The first kappa shape index (κ1) is 12.0. The van der Waals surface area contributed by atoms with E-state index in [4.69, 9.17) is 9.29 Å². The number of methoxy groups -OCH3 is 1. The van der Waals surface area contributed by atoms with Gasteiger partial charge in [-0.15, -0.1) is 0 Å². The second-order valence-corrected chi connectivity index (χ2v) is 3.98. The van der Waals surface area contributed by atoms with Crippen molar-refractivity contribution in [3.8, 4) is 5.75 Å². The van der Waals surface area contributed by atoms with Crippen LogP contribution in [0, 0.1) is 0 Å². The standard InChI is InChI=1S/C9H12O5S/c1-7(13-2)8-3-5-9(6-4-8)14-15(10,11)12/h3-7H,1-2H3,(H,10,11,12). The number of benzene rings is 1. The number of hydrogen-bond donors (Lipinski definition) is 1. The van der Waals surface area contributed by atoms with Crippen molar-refractivity contribution in [3.05, 3.63) is 29.8 Å². The lowest BCUT2D eigenvalue weighted by atomic mass is 10.1. The third kappa shape index (κ3) is 3.86. The molecule has 0 radical (unpaired) electrons. The summed E-state index contributed by atoms with van der Waals surface area (Å²) in [6, 6.07) is 6.21. The van der Waals surface area contributed by atoms with E-state index in [-0.39, 0.29) is 11.9 Å². The quantitative estimate of drug-likeness (QED) is 0.798. The van der Waals surface area contributed by atoms with Crippen LogP contribution in [0.4, 0.5) is 0 Å². The molecule has 1 atom stereocenters. The van der Waals surface area contributed by atoms with E-state index in [2.05, 4.69) is 4.18 Å². The predicted molar refractivity (Wildman–Crippen MR) is 54.0 cm³/mol. The minimum atomic E-state index is -4.45. The molecule has 1 rings (SSSR count). The van der Waals surface area contributed by atoms with Gasteiger partial charge < -0.3 is 8.92 Å². The molecule has 1 N–H and O–H groups in total. The number of rotatable bonds is 4. The van der Waals surface area contributed by atoms with Crippen LogP contribution >= 0.6 is 0 Å². The molecule has 0 saturated carbocycles. The minimum absolute atomic E-state index is 0.0598. The molecule has 1 unspecified atom stereocenters. The Labute approximate surface area is 88.6 Å². The van der Waals surface area contributed by atoms with Crippen molar-refractivity contribution in [1.82, 2.24) is 0 Å². The first-order valence-corrected chi connectivity index (χ1v) is 5.58. The molecule has 0 aromatic heterocycles. The van der Waals surface area contributed by atoms with Crippen LogP contribution in [0.2, 0.25) is 0 Å². The Morgan fingerprint density at radius 2 is 1.80 bits per heavy atom. The van der Waals surface area contributed by atoms with Crippen LogP contribution in [0.15, 0.2) is 24.3 Å². The molecule has 0 amide bonds. The first-order valence-electron chi connectivity index (χ1n) is 4.22. The Morgan fingerprint density at radius 1 is 1.27 bits per heavy atom. The van der Waals surface area contributed by atoms with Crippen molar-refractivity contribution in [2.45, 2.75) is 13.0 Å². The van der Waals surface area contributed by atoms with E-state index >= 15 is 0 Å². The zero-order valence-corrected chi connectivity index (χ0v) is 9.19. The van der Waals surface area contributed by atoms with Gasteiger partial charge in [0, 0.05) is 7.11 Å². The summed E-state index contributed by atoms with van der Waals surface area (Å²) in [6.45, 7) is 1.86. The van der Waals surface area contributed by atoms with Crippen molar-refractivity contribution < 1.29 is 21.9 Å². The fourth-order valence-electron chi connectivity index (χ4n) is 1.05. The van der Waals surface area contributed by atoms with Gasteiger partial charge in [-0.1, -0.05) is 12.1 Å². The van der Waals surface area contributed by atoms with Gasteiger partial charge in [0.25, 0.3) is 0 Å². The molecule has 0 fully saturated rings. The highest BCUT2D eigenvalue weighted by Gasteiger charge is 2.08. The van der Waals surface area contributed by atoms with E-state index in [0.717, 1.165) is 5.56 Å². The lowest BCUT2D eigenvalue weighted by Crippen LogP contribution is -2.06. The highest BCUT2D eigenvalue weighted by Crippen LogP contribution is 2.20. The predicted octanol–water partition coefficient (Wildman–Crippen LogP) is 1.58. The van der Waals surface area contributed by atoms with Crippen LogP contribution in [-0.2, 0) is 15.1 Å². The van der Waals surface area contributed by atoms with E-state index in [1.54, 1.807) is 19.2 Å². The van der Waals surface area contributed by atoms with Crippen LogP contribution < -0.4 is 4.18 Å². The second kappa shape index (κ2) is 4.61. The van der Waals surface area contributed by atoms with E-state index in [1.165, 1.54) is 12.1 Å². The molecule has 0 saturated heterocycles. The van der Waals surface area contributed by atoms with Gasteiger partial charge in [0.15, 0.2) is 0 Å². The van der Waals surface area contributed by atoms with Crippen LogP contribution in [0.1, 0.15) is 18.6 Å². The summed E-state index contributed by atoms with van der Waals surface area (Å²) in [7, 11) is -2.87. The molecule has 0 aliphatic rings. The maximum Gasteiger partial charge on any atom is 0.446 e. The zero-order valence-electron chi connectivity index (χ0n) is 8.38. The topological polar surface area (TPSA) is 72.8 Å². The number of hydrogen-bond acceptors (Lipinski definition) is 4. The summed E-state index contributed by atoms with van der Waals surface area (Å²) < 4.78 is 38.5. The van der Waals surface area contributed by atoms with Gasteiger partial charge in [0.1, 0.15) is 5.75 Å². The summed E-state index contributed by atoms with van der Waals surface area (Å²) >= 11 is 0. The lowest BCUT2D eigenvalue weighted by molar-refractivity contribution is 0.119. The SMILES string of the molecule is COC(C)c1ccc(OS(=O)(=O)O)cc1. The highest BCUT2D eigenvalue weighted by molar-refractivity contribution is 7.81. The minimum Gasteiger partial charge on any atom is -0.377 e. The third-order valence-corrected chi connectivity index (χ3v) is 2.31. The van der Waals surface area contributed by atoms with Crippen molar-refractivity contribution in [2.24, 2.45) is 0 Å². The fraction of sp³-hybridized carbons (Fsp3) is 0.333. The van der Waals surface area contributed by atoms with Crippen LogP contribution in [0.25, 0.3) is 0 Å². The van der Waals surface area contributed by atoms with E-state index < -0.39 is 10.4 Å². The molecule has 1 aromatic rings. The van der Waals surface area contributed by atoms with E-state index in [0.29, 0.717) is 0 Å². The van der Waals surface area contributed by atoms with Gasteiger partial charge >= 0.3 is 10.4 Å². The summed E-state index contributed by atoms with van der Waals surface area (Å²) in [5.41, 5.74) is 0.889. The molecule has 6 heteroatoms. The molecule has 0 aliphatic carbocycles. The maximum absolute atomic E-state index is 10.4. The van der Waals surface area contributed by atoms with Gasteiger partial charge in [0.05, 0.1) is 6.10 Å². The molecule has 0 spiro atoms. The second-order valence-electron chi connectivity index (χ2n) is 2.96. The van der Waals surface area contributed by atoms with Gasteiger partial charge in [-0.3, -0.25) is 4.55 Å². The molecule has 5 nitrogen and oxygen atoms in total. The Hall–Kier alpha value is -1.11. The molecule has 0 heterocycles. The number of ether oxygens (including phenoxy) is 1. The molecular weight excluding hydrogens is 220 g/mol. The van der Waals surface area contributed by atoms with E-state index in [1.807, 2.05) is 6.92 Å². The van der Waals surface area contributed by atoms with Crippen molar-refractivity contribution in [3.63, 3.8) is 0 Å². The summed E-state index contributed by atoms with van der Waals surface area (Å²) in [5.74, 6) is 0.0598. The maximum atomic E-state index is 10.4. The van der Waals surface area contributed by atoms with Crippen molar-refractivity contribution >= 4 is 10.4 Å². The van der Waals surface area contributed by atoms with Gasteiger partial charge in [-0.05, 0) is 24.6 Å². The van der Waals surface area contributed by atoms with Crippen molar-refractivity contribution in [1.29, 1.82) is 0 Å². The average molecular weight is 232 g/mol. The van der Waals surface area contributed by atoms with Crippen LogP contribution in [-0.4, -0.2) is 20.1 Å². The first-order chi connectivity index (χ1) is 6.92. The Bertz CT molecular complexity index is 409. The van der Waals surface area contributed by atoms with Crippen LogP contribution in [0.5, 0.6) is 5.75 Å². The largest absolute Gasteiger partial charge is 0.446 e. The Morgan fingerprint density at radius 3 is 2.20 bits per heavy atom. The molecule has 0 bridgehead atoms. The molecule has 0 aliphatic heterocycles. The summed E-state index contributed by atoms with van der Waals surface area (Å²) in [6.07, 6.45) is -0.0789. The molecule has 15 heavy (non-hydrogen) atoms. The van der Waals surface area contributed by atoms with Gasteiger partial charge in [-0.25, -0.2) is 0 Å². The van der Waals surface area contributed by atoms with Crippen molar-refractivity contribution in [2.75, 3.05) is 7.11 Å². The molecule has 1 aromatic carbocycles. The normalized spacial score (nSPS) is 13.5. The Balaban J connectivity index is 2.81. The van der Waals surface area contributed by atoms with Crippen LogP contribution in [0.3, 0.4) is 0 Å². The van der Waals surface area contributed by atoms with Gasteiger partial charge in [0.2, 0.25) is 0 Å². The monoisotopic (exact) mass is 232 g/mol. The zero-order chi connectivity index (χ0) is 11.5. The van der Waals surface area contributed by atoms with Gasteiger partial charge in [-0.2, -0.15) is 8.42 Å². The third-order valence-electron chi connectivity index (χ3n) is 1.90. The smallest absolute Gasteiger partial charge is 0.377 e. The highest BCUT2D eigenvalue weighted by atomic mass is 32.3. The lowest BCUT2D eigenvalue weighted by Gasteiger charge is -2.09. The molecular formula is C9H12O5S. The molecule has 84 valence electrons. The average Bonchev–Trinajstić information content (AvgIpc) is 2.15. The summed E-state index contributed by atoms with van der Waals surface area (Å²) in [5, 5.41) is 0. The van der Waals surface area contributed by atoms with E-state index in [9.17, 15) is 8.42 Å². The Kier molecular flexibility index (Phi) is 3.67.